The zero-order valence-corrected chi connectivity index (χ0v) is 18.0. The van der Waals surface area contributed by atoms with Crippen molar-refractivity contribution in [2.45, 2.75) is 25.2 Å². The number of alkyl halides is 3. The zero-order valence-electron chi connectivity index (χ0n) is 17.2. The van der Waals surface area contributed by atoms with Crippen molar-refractivity contribution < 1.29 is 22.0 Å². The molecule has 0 aliphatic carbocycles. The number of anilines is 1. The SMILES string of the molecule is CN(Cc1ccccc1C(F)(F)F)C1CCN(c2cc(F)c(C=NNC(N)=S)cc2F)C1. The molecule has 32 heavy (non-hydrogen) atoms. The van der Waals surface area contributed by atoms with E-state index in [0.717, 1.165) is 24.4 Å². The number of nitrogens with zero attached hydrogens (tertiary/aromatic N) is 3. The molecule has 3 N–H and O–H groups in total. The molecule has 0 amide bonds. The molecule has 1 heterocycles. The van der Waals surface area contributed by atoms with Gasteiger partial charge in [-0.15, -0.1) is 0 Å². The molecule has 11 heteroatoms. The summed E-state index contributed by atoms with van der Waals surface area (Å²) < 4.78 is 68.8. The van der Waals surface area contributed by atoms with Gasteiger partial charge in [-0.05, 0) is 43.4 Å². The Morgan fingerprint density at radius 3 is 2.69 bits per heavy atom. The average molecular weight is 471 g/mol. The van der Waals surface area contributed by atoms with E-state index in [0.29, 0.717) is 19.5 Å². The number of likely N-dealkylation sites (N-methyl/N-ethyl adjacent to an activating group) is 1. The van der Waals surface area contributed by atoms with E-state index >= 15 is 0 Å². The van der Waals surface area contributed by atoms with E-state index in [4.69, 9.17) is 5.73 Å². The van der Waals surface area contributed by atoms with Crippen LogP contribution in [0.4, 0.5) is 27.6 Å². The van der Waals surface area contributed by atoms with Gasteiger partial charge in [-0.25, -0.2) is 8.78 Å². The van der Waals surface area contributed by atoms with Crippen LogP contribution >= 0.6 is 12.2 Å². The second-order valence-electron chi connectivity index (χ2n) is 7.52. The lowest BCUT2D eigenvalue weighted by atomic mass is 10.1. The van der Waals surface area contributed by atoms with E-state index in [1.165, 1.54) is 12.1 Å². The molecule has 1 aliphatic rings. The average Bonchev–Trinajstić information content (AvgIpc) is 3.20. The van der Waals surface area contributed by atoms with Crippen molar-refractivity contribution in [3.63, 3.8) is 0 Å². The van der Waals surface area contributed by atoms with E-state index in [1.807, 2.05) is 0 Å². The van der Waals surface area contributed by atoms with E-state index < -0.39 is 23.4 Å². The molecule has 1 saturated heterocycles. The van der Waals surface area contributed by atoms with Gasteiger partial charge < -0.3 is 10.6 Å². The van der Waals surface area contributed by atoms with Crippen molar-refractivity contribution in [1.29, 1.82) is 0 Å². The van der Waals surface area contributed by atoms with E-state index in [-0.39, 0.29) is 34.5 Å². The van der Waals surface area contributed by atoms with Gasteiger partial charge in [-0.1, -0.05) is 18.2 Å². The van der Waals surface area contributed by atoms with Crippen LogP contribution < -0.4 is 16.1 Å². The lowest BCUT2D eigenvalue weighted by Gasteiger charge is -2.26. The third kappa shape index (κ3) is 5.71. The molecule has 0 spiro atoms. The monoisotopic (exact) mass is 471 g/mol. The summed E-state index contributed by atoms with van der Waals surface area (Å²) in [5.74, 6) is -1.31. The van der Waals surface area contributed by atoms with Gasteiger partial charge in [0.2, 0.25) is 0 Å². The first-order valence-electron chi connectivity index (χ1n) is 9.74. The molecule has 0 bridgehead atoms. The lowest BCUT2D eigenvalue weighted by Crippen LogP contribution is -2.35. The highest BCUT2D eigenvalue weighted by Gasteiger charge is 2.34. The number of hydrogen-bond donors (Lipinski definition) is 2. The van der Waals surface area contributed by atoms with Crippen LogP contribution in [0.15, 0.2) is 41.5 Å². The minimum Gasteiger partial charge on any atom is -0.375 e. The lowest BCUT2D eigenvalue weighted by molar-refractivity contribution is -0.138. The Hall–Kier alpha value is -2.79. The minimum absolute atomic E-state index is 0.0772. The Morgan fingerprint density at radius 1 is 1.28 bits per heavy atom. The summed E-state index contributed by atoms with van der Waals surface area (Å²) in [5, 5.41) is 3.51. The molecule has 1 fully saturated rings. The zero-order chi connectivity index (χ0) is 23.5. The number of hydrogen-bond acceptors (Lipinski definition) is 4. The molecule has 3 rings (SSSR count). The summed E-state index contributed by atoms with van der Waals surface area (Å²) in [6.07, 6.45) is -2.76. The van der Waals surface area contributed by atoms with Crippen LogP contribution in [0, 0.1) is 11.6 Å². The van der Waals surface area contributed by atoms with E-state index in [2.05, 4.69) is 22.7 Å². The molecule has 1 atom stereocenters. The van der Waals surface area contributed by atoms with Crippen molar-refractivity contribution in [1.82, 2.24) is 10.3 Å². The molecule has 2 aromatic carbocycles. The first kappa shape index (κ1) is 23.9. The van der Waals surface area contributed by atoms with E-state index in [9.17, 15) is 22.0 Å². The van der Waals surface area contributed by atoms with Crippen LogP contribution in [0.2, 0.25) is 0 Å². The Kier molecular flexibility index (Phi) is 7.29. The molecule has 1 aliphatic heterocycles. The van der Waals surface area contributed by atoms with Crippen molar-refractivity contribution in [3.05, 3.63) is 64.7 Å². The number of rotatable bonds is 6. The maximum absolute atomic E-state index is 14.6. The van der Waals surface area contributed by atoms with Crippen molar-refractivity contribution >= 4 is 29.2 Å². The van der Waals surface area contributed by atoms with Gasteiger partial charge in [0.05, 0.1) is 17.5 Å². The van der Waals surface area contributed by atoms with Gasteiger partial charge in [0, 0.05) is 37.3 Å². The summed E-state index contributed by atoms with van der Waals surface area (Å²) >= 11 is 4.58. The summed E-state index contributed by atoms with van der Waals surface area (Å²) in [6, 6.07) is 7.42. The molecule has 2 aromatic rings. The number of nitrogens with one attached hydrogen (secondary N) is 1. The fourth-order valence-corrected chi connectivity index (χ4v) is 3.76. The molecule has 0 saturated carbocycles. The molecular weight excluding hydrogens is 449 g/mol. The topological polar surface area (TPSA) is 56.9 Å². The molecule has 172 valence electrons. The van der Waals surface area contributed by atoms with Crippen LogP contribution in [0.3, 0.4) is 0 Å². The van der Waals surface area contributed by atoms with Crippen molar-refractivity contribution in [2.75, 3.05) is 25.0 Å². The van der Waals surface area contributed by atoms with Gasteiger partial charge in [0.15, 0.2) is 5.11 Å². The largest absolute Gasteiger partial charge is 0.416 e. The minimum atomic E-state index is -4.44. The summed E-state index contributed by atoms with van der Waals surface area (Å²) in [5.41, 5.74) is 7.00. The number of hydrazone groups is 1. The van der Waals surface area contributed by atoms with Crippen molar-refractivity contribution in [3.8, 4) is 0 Å². The number of nitrogens with two attached hydrogens (primary N) is 1. The van der Waals surface area contributed by atoms with Gasteiger partial charge in [-0.3, -0.25) is 10.3 Å². The molecular formula is C21H22F5N5S. The van der Waals surface area contributed by atoms with Gasteiger partial charge in [-0.2, -0.15) is 18.3 Å². The van der Waals surface area contributed by atoms with E-state index in [1.54, 1.807) is 22.9 Å². The van der Waals surface area contributed by atoms with Crippen LogP contribution in [0.5, 0.6) is 0 Å². The Morgan fingerprint density at radius 2 is 2.00 bits per heavy atom. The summed E-state index contributed by atoms with van der Waals surface area (Å²) in [6.45, 7) is 0.899. The smallest absolute Gasteiger partial charge is 0.375 e. The van der Waals surface area contributed by atoms with Crippen LogP contribution in [0.1, 0.15) is 23.1 Å². The first-order chi connectivity index (χ1) is 15.1. The van der Waals surface area contributed by atoms with Crippen molar-refractivity contribution in [2.24, 2.45) is 10.8 Å². The van der Waals surface area contributed by atoms with Gasteiger partial charge in [0.1, 0.15) is 11.6 Å². The third-order valence-electron chi connectivity index (χ3n) is 5.31. The first-order valence-corrected chi connectivity index (χ1v) is 10.1. The molecule has 0 radical (unpaired) electrons. The highest BCUT2D eigenvalue weighted by Crippen LogP contribution is 2.33. The molecule has 1 unspecified atom stereocenters. The number of thiocarbonyl (C=S) groups is 1. The normalized spacial score (nSPS) is 16.8. The second-order valence-corrected chi connectivity index (χ2v) is 7.96. The molecule has 0 aromatic heterocycles. The predicted molar refractivity (Wildman–Crippen MR) is 117 cm³/mol. The quantitative estimate of drug-likeness (QED) is 0.290. The van der Waals surface area contributed by atoms with Crippen LogP contribution in [0.25, 0.3) is 0 Å². The number of halogens is 5. The highest BCUT2D eigenvalue weighted by molar-refractivity contribution is 7.80. The maximum atomic E-state index is 14.6. The fraction of sp³-hybridized carbons (Fsp3) is 0.333. The Labute approximate surface area is 187 Å². The van der Waals surface area contributed by atoms with Gasteiger partial charge >= 0.3 is 6.18 Å². The number of benzene rings is 2. The molecule has 5 nitrogen and oxygen atoms in total. The maximum Gasteiger partial charge on any atom is 0.416 e. The summed E-state index contributed by atoms with van der Waals surface area (Å²) in [7, 11) is 1.73. The Balaban J connectivity index is 1.70. The highest BCUT2D eigenvalue weighted by atomic mass is 32.1. The third-order valence-corrected chi connectivity index (χ3v) is 5.41. The summed E-state index contributed by atoms with van der Waals surface area (Å²) in [4.78, 5) is 3.49. The standard InChI is InChI=1S/C21H22F5N5S/c1-30(11-13-4-2-3-5-16(13)21(24,25)26)15-6-7-31(12-15)19-9-17(22)14(8-18(19)23)10-28-29-20(27)32/h2-5,8-10,15H,6-7,11-12H2,1H3,(H3,27,29,32). The predicted octanol–water partition coefficient (Wildman–Crippen LogP) is 3.86. The Bertz CT molecular complexity index is 1010. The fourth-order valence-electron chi connectivity index (χ4n) is 3.71. The second kappa shape index (κ2) is 9.78. The van der Waals surface area contributed by atoms with Crippen LogP contribution in [-0.2, 0) is 12.7 Å². The van der Waals surface area contributed by atoms with Crippen LogP contribution in [-0.4, -0.2) is 42.4 Å². The van der Waals surface area contributed by atoms with Gasteiger partial charge in [0.25, 0.3) is 0 Å².